The molecule has 3 aliphatic rings. The van der Waals surface area contributed by atoms with Crippen molar-refractivity contribution in [3.05, 3.63) is 35.9 Å². The highest BCUT2D eigenvalue weighted by atomic mass is 19.1. The van der Waals surface area contributed by atoms with Crippen LogP contribution in [0.15, 0.2) is 24.4 Å². The Morgan fingerprint density at radius 1 is 1.21 bits per heavy atom. The van der Waals surface area contributed by atoms with Crippen molar-refractivity contribution in [2.24, 2.45) is 0 Å². The van der Waals surface area contributed by atoms with E-state index >= 15 is 0 Å². The molecule has 39 heavy (non-hydrogen) atoms. The summed E-state index contributed by atoms with van der Waals surface area (Å²) < 4.78 is 33.6. The molecule has 1 N–H and O–H groups in total. The van der Waals surface area contributed by atoms with Crippen LogP contribution in [-0.4, -0.2) is 102 Å². The number of morpholine rings is 1. The highest BCUT2D eigenvalue weighted by Gasteiger charge is 2.34. The van der Waals surface area contributed by atoms with E-state index in [-0.39, 0.29) is 24.6 Å². The lowest BCUT2D eigenvalue weighted by Gasteiger charge is -2.38. The summed E-state index contributed by atoms with van der Waals surface area (Å²) in [5.41, 5.74) is 1.83. The lowest BCUT2D eigenvalue weighted by atomic mass is 9.95. The van der Waals surface area contributed by atoms with E-state index in [9.17, 15) is 9.18 Å². The molecular formula is C27H39FN6O5. The first-order valence-corrected chi connectivity index (χ1v) is 13.9. The van der Waals surface area contributed by atoms with Crippen LogP contribution in [-0.2, 0) is 27.3 Å². The lowest BCUT2D eigenvalue weighted by Crippen LogP contribution is -2.43. The van der Waals surface area contributed by atoms with E-state index in [2.05, 4.69) is 29.2 Å². The van der Waals surface area contributed by atoms with Crippen molar-refractivity contribution in [2.45, 2.75) is 70.1 Å². The maximum atomic E-state index is 14.9. The number of aromatic nitrogens is 3. The van der Waals surface area contributed by atoms with Gasteiger partial charge in [-0.3, -0.25) is 9.80 Å². The summed E-state index contributed by atoms with van der Waals surface area (Å²) in [5.74, 6) is -0.366. The number of nitrogens with zero attached hydrogens (tertiary/aromatic N) is 6. The summed E-state index contributed by atoms with van der Waals surface area (Å²) in [7, 11) is 2.09. The summed E-state index contributed by atoms with van der Waals surface area (Å²) in [4.78, 5) is 18.3. The number of carbonyl (C=O) groups is 1. The first-order valence-electron chi connectivity index (χ1n) is 13.9. The number of benzene rings is 1. The van der Waals surface area contributed by atoms with Crippen molar-refractivity contribution >= 4 is 17.5 Å². The average Bonchev–Trinajstić information content (AvgIpc) is 3.53. The molecular weight excluding hydrogens is 507 g/mol. The van der Waals surface area contributed by atoms with E-state index in [1.807, 2.05) is 11.1 Å². The van der Waals surface area contributed by atoms with Crippen LogP contribution in [0.4, 0.5) is 20.6 Å². The van der Waals surface area contributed by atoms with Gasteiger partial charge in [0.25, 0.3) is 0 Å². The Kier molecular flexibility index (Phi) is 8.96. The van der Waals surface area contributed by atoms with Gasteiger partial charge in [0.2, 0.25) is 0 Å². The van der Waals surface area contributed by atoms with Crippen LogP contribution in [0.25, 0.3) is 0 Å². The van der Waals surface area contributed by atoms with Crippen molar-refractivity contribution in [2.75, 3.05) is 56.3 Å². The smallest absolute Gasteiger partial charge is 0.414 e. The molecule has 0 saturated carbocycles. The Bertz CT molecular complexity index is 1110. The molecule has 4 atom stereocenters. The molecule has 3 fully saturated rings. The molecule has 1 aromatic heterocycles. The Balaban J connectivity index is 1.14. The van der Waals surface area contributed by atoms with Gasteiger partial charge in [-0.2, -0.15) is 0 Å². The standard InChI is InChI=1S/C27H39FN6O5/c1-19-12-22(13-23(38-19)4-3-9-35)31(2)15-20-16-33(30-29-20)17-24-18-34(27(36)39-24)21-5-6-26(25(28)14-21)32-7-10-37-11-8-32/h5-6,14,16,19,22-24,35H,3-4,7-13,15,17-18H2,1-2H3/t19-,22+,23?,24+/m1/s1. The fraction of sp³-hybridized carbons (Fsp3) is 0.667. The molecule has 214 valence electrons. The van der Waals surface area contributed by atoms with Gasteiger partial charge in [0.1, 0.15) is 11.9 Å². The highest BCUT2D eigenvalue weighted by Crippen LogP contribution is 2.29. The first kappa shape index (κ1) is 27.8. The van der Waals surface area contributed by atoms with E-state index in [0.717, 1.165) is 31.4 Å². The Labute approximate surface area is 228 Å². The van der Waals surface area contributed by atoms with E-state index < -0.39 is 12.2 Å². The number of amides is 1. The van der Waals surface area contributed by atoms with Crippen LogP contribution in [0.3, 0.4) is 0 Å². The van der Waals surface area contributed by atoms with Crippen LogP contribution < -0.4 is 9.80 Å². The monoisotopic (exact) mass is 546 g/mol. The number of halogens is 1. The molecule has 0 bridgehead atoms. The second-order valence-electron chi connectivity index (χ2n) is 10.8. The predicted octanol–water partition coefficient (Wildman–Crippen LogP) is 2.42. The summed E-state index contributed by atoms with van der Waals surface area (Å²) in [6.45, 7) is 6.02. The van der Waals surface area contributed by atoms with Crippen LogP contribution in [0.2, 0.25) is 0 Å². The minimum atomic E-state index is -0.497. The zero-order chi connectivity index (χ0) is 27.4. The average molecular weight is 547 g/mol. The summed E-state index contributed by atoms with van der Waals surface area (Å²) in [6, 6.07) is 5.22. The summed E-state index contributed by atoms with van der Waals surface area (Å²) in [5, 5.41) is 17.7. The highest BCUT2D eigenvalue weighted by molar-refractivity contribution is 5.90. The molecule has 12 heteroatoms. The maximum absolute atomic E-state index is 14.9. The third kappa shape index (κ3) is 6.86. The van der Waals surface area contributed by atoms with E-state index in [0.29, 0.717) is 63.4 Å². The van der Waals surface area contributed by atoms with Crippen molar-refractivity contribution in [3.63, 3.8) is 0 Å². The van der Waals surface area contributed by atoms with Gasteiger partial charge in [-0.05, 0) is 57.9 Å². The second kappa shape index (κ2) is 12.6. The van der Waals surface area contributed by atoms with Gasteiger partial charge in [-0.25, -0.2) is 13.9 Å². The normalized spacial score (nSPS) is 25.9. The molecule has 3 aliphatic heterocycles. The number of aliphatic hydroxyl groups is 1. The number of cyclic esters (lactones) is 1. The third-order valence-corrected chi connectivity index (χ3v) is 7.73. The van der Waals surface area contributed by atoms with Crippen molar-refractivity contribution in [3.8, 4) is 0 Å². The molecule has 0 aliphatic carbocycles. The second-order valence-corrected chi connectivity index (χ2v) is 10.8. The maximum Gasteiger partial charge on any atom is 0.414 e. The number of anilines is 2. The topological polar surface area (TPSA) is 105 Å². The number of hydrogen-bond donors (Lipinski definition) is 1. The van der Waals surface area contributed by atoms with Gasteiger partial charge in [0, 0.05) is 38.5 Å². The van der Waals surface area contributed by atoms with E-state index in [4.69, 9.17) is 19.3 Å². The summed E-state index contributed by atoms with van der Waals surface area (Å²) >= 11 is 0. The summed E-state index contributed by atoms with van der Waals surface area (Å²) in [6.07, 6.45) is 4.79. The van der Waals surface area contributed by atoms with Gasteiger partial charge < -0.3 is 24.2 Å². The molecule has 3 saturated heterocycles. The molecule has 5 rings (SSSR count). The third-order valence-electron chi connectivity index (χ3n) is 7.73. The fourth-order valence-corrected chi connectivity index (χ4v) is 5.73. The van der Waals surface area contributed by atoms with Crippen LogP contribution in [0.1, 0.15) is 38.3 Å². The van der Waals surface area contributed by atoms with Crippen LogP contribution in [0, 0.1) is 5.82 Å². The number of hydrogen-bond acceptors (Lipinski definition) is 9. The SMILES string of the molecule is C[C@@H]1C[C@H](N(C)Cc2cn(C[C@H]3CN(c4ccc(N5CCOCC5)c(F)c4)C(=O)O3)nn2)CC(CCCO)O1. The van der Waals surface area contributed by atoms with Gasteiger partial charge in [0.15, 0.2) is 0 Å². The van der Waals surface area contributed by atoms with E-state index in [1.165, 1.54) is 11.0 Å². The molecule has 1 aromatic carbocycles. The fourth-order valence-electron chi connectivity index (χ4n) is 5.73. The molecule has 2 aromatic rings. The number of ether oxygens (including phenoxy) is 3. The Morgan fingerprint density at radius 3 is 2.79 bits per heavy atom. The number of rotatable bonds is 10. The van der Waals surface area contributed by atoms with Crippen LogP contribution >= 0.6 is 0 Å². The first-order chi connectivity index (χ1) is 18.9. The molecule has 0 spiro atoms. The van der Waals surface area contributed by atoms with Gasteiger partial charge in [-0.15, -0.1) is 5.10 Å². The Hall–Kier alpha value is -2.80. The quantitative estimate of drug-likeness (QED) is 0.481. The zero-order valence-electron chi connectivity index (χ0n) is 22.7. The van der Waals surface area contributed by atoms with Crippen molar-refractivity contribution in [1.82, 2.24) is 19.9 Å². The van der Waals surface area contributed by atoms with Gasteiger partial charge in [-0.1, -0.05) is 5.21 Å². The molecule has 0 radical (unpaired) electrons. The predicted molar refractivity (Wildman–Crippen MR) is 142 cm³/mol. The molecule has 1 unspecified atom stereocenters. The minimum absolute atomic E-state index is 0.160. The number of carbonyl (C=O) groups excluding carboxylic acids is 1. The lowest BCUT2D eigenvalue weighted by molar-refractivity contribution is -0.0759. The van der Waals surface area contributed by atoms with E-state index in [1.54, 1.807) is 16.8 Å². The zero-order valence-corrected chi connectivity index (χ0v) is 22.7. The molecule has 11 nitrogen and oxygen atoms in total. The molecule has 4 heterocycles. The van der Waals surface area contributed by atoms with Crippen molar-refractivity contribution < 1.29 is 28.5 Å². The number of aliphatic hydroxyl groups excluding tert-OH is 1. The minimum Gasteiger partial charge on any atom is -0.442 e. The van der Waals surface area contributed by atoms with Gasteiger partial charge in [0.05, 0.1) is 55.6 Å². The van der Waals surface area contributed by atoms with Crippen molar-refractivity contribution in [1.29, 1.82) is 0 Å². The molecule has 1 amide bonds. The largest absolute Gasteiger partial charge is 0.442 e. The van der Waals surface area contributed by atoms with Gasteiger partial charge >= 0.3 is 6.09 Å². The Morgan fingerprint density at radius 2 is 2.03 bits per heavy atom. The van der Waals surface area contributed by atoms with Crippen LogP contribution in [0.5, 0.6) is 0 Å².